The van der Waals surface area contributed by atoms with Gasteiger partial charge in [0.05, 0.1) is 10.5 Å². The molecule has 1 saturated heterocycles. The van der Waals surface area contributed by atoms with E-state index in [1.54, 1.807) is 24.3 Å². The van der Waals surface area contributed by atoms with Crippen molar-refractivity contribution in [1.82, 2.24) is 5.32 Å². The number of benzene rings is 1. The number of hydrogen-bond acceptors (Lipinski definition) is 5. The highest BCUT2D eigenvalue weighted by Crippen LogP contribution is 2.28. The zero-order chi connectivity index (χ0) is 15.7. The Bertz CT molecular complexity index is 821. The van der Waals surface area contributed by atoms with Gasteiger partial charge in [-0.15, -0.1) is 0 Å². The Morgan fingerprint density at radius 1 is 1.23 bits per heavy atom. The highest BCUT2D eigenvalue weighted by Gasteiger charge is 2.25. The van der Waals surface area contributed by atoms with E-state index in [2.05, 4.69) is 5.32 Å². The molecule has 0 spiro atoms. The maximum Gasteiger partial charge on any atom is 0.335 e. The number of thioether (sulfide) groups is 1. The van der Waals surface area contributed by atoms with Crippen LogP contribution in [0.1, 0.15) is 16.1 Å². The van der Waals surface area contributed by atoms with Crippen molar-refractivity contribution >= 4 is 35.0 Å². The fraction of sp³-hybridized carbons (Fsp3) is 0. The molecule has 22 heavy (non-hydrogen) atoms. The predicted molar refractivity (Wildman–Crippen MR) is 80.2 cm³/mol. The number of carbonyl (C=O) groups is 3. The summed E-state index contributed by atoms with van der Waals surface area (Å²) in [6.07, 6.45) is 1.47. The minimum absolute atomic E-state index is 0.158. The van der Waals surface area contributed by atoms with E-state index >= 15 is 0 Å². The maximum atomic E-state index is 11.5. The molecule has 2 heterocycles. The molecule has 1 aromatic carbocycles. The van der Waals surface area contributed by atoms with E-state index < -0.39 is 17.1 Å². The summed E-state index contributed by atoms with van der Waals surface area (Å²) < 4.78 is 5.58. The quantitative estimate of drug-likeness (QED) is 0.845. The summed E-state index contributed by atoms with van der Waals surface area (Å²) in [5.41, 5.74) is 0.772. The lowest BCUT2D eigenvalue weighted by Gasteiger charge is -1.99. The van der Waals surface area contributed by atoms with E-state index in [0.29, 0.717) is 17.1 Å². The molecule has 0 saturated carbocycles. The molecule has 110 valence electrons. The summed E-state index contributed by atoms with van der Waals surface area (Å²) in [4.78, 5) is 33.8. The van der Waals surface area contributed by atoms with Crippen LogP contribution < -0.4 is 5.32 Å². The Kier molecular flexibility index (Phi) is 3.56. The molecule has 2 amide bonds. The second-order valence-corrected chi connectivity index (χ2v) is 5.45. The lowest BCUT2D eigenvalue weighted by molar-refractivity contribution is -0.115. The third kappa shape index (κ3) is 2.79. The number of carbonyl (C=O) groups excluding carboxylic acids is 2. The molecule has 1 aliphatic rings. The molecule has 0 aliphatic carbocycles. The Hall–Kier alpha value is -2.80. The fourth-order valence-corrected chi connectivity index (χ4v) is 2.60. The van der Waals surface area contributed by atoms with Gasteiger partial charge in [0, 0.05) is 11.6 Å². The predicted octanol–water partition coefficient (Wildman–Crippen LogP) is 2.97. The topological polar surface area (TPSA) is 96.6 Å². The standard InChI is InChI=1S/C15H9NO5S/c17-13-12(22-15(20)16-13)7-10-4-5-11(21-10)8-2-1-3-9(6-8)14(18)19/h1-7H,(H,18,19)(H,16,17,20). The van der Waals surface area contributed by atoms with Gasteiger partial charge < -0.3 is 9.52 Å². The van der Waals surface area contributed by atoms with Crippen LogP contribution in [0.5, 0.6) is 0 Å². The van der Waals surface area contributed by atoms with Crippen molar-refractivity contribution < 1.29 is 23.9 Å². The smallest absolute Gasteiger partial charge is 0.335 e. The number of furan rings is 1. The first-order valence-corrected chi connectivity index (χ1v) is 7.03. The molecule has 1 aromatic heterocycles. The molecule has 0 unspecified atom stereocenters. The van der Waals surface area contributed by atoms with Gasteiger partial charge in [-0.25, -0.2) is 4.79 Å². The number of rotatable bonds is 3. The minimum Gasteiger partial charge on any atom is -0.478 e. The summed E-state index contributed by atoms with van der Waals surface area (Å²) in [6, 6.07) is 9.65. The molecule has 1 aliphatic heterocycles. The molecule has 0 radical (unpaired) electrons. The first kappa shape index (κ1) is 14.2. The first-order valence-electron chi connectivity index (χ1n) is 6.21. The summed E-state index contributed by atoms with van der Waals surface area (Å²) in [6.45, 7) is 0. The summed E-state index contributed by atoms with van der Waals surface area (Å²) in [5.74, 6) is -0.595. The van der Waals surface area contributed by atoms with E-state index in [0.717, 1.165) is 11.8 Å². The Labute approximate surface area is 128 Å². The third-order valence-electron chi connectivity index (χ3n) is 2.94. The highest BCUT2D eigenvalue weighted by atomic mass is 32.2. The number of nitrogens with one attached hydrogen (secondary N) is 1. The second kappa shape index (κ2) is 5.53. The molecule has 7 heteroatoms. The Morgan fingerprint density at radius 3 is 2.73 bits per heavy atom. The monoisotopic (exact) mass is 315 g/mol. The van der Waals surface area contributed by atoms with Crippen molar-refractivity contribution in [3.05, 3.63) is 52.6 Å². The molecule has 2 aromatic rings. The third-order valence-corrected chi connectivity index (χ3v) is 3.75. The minimum atomic E-state index is -1.02. The van der Waals surface area contributed by atoms with Crippen LogP contribution in [0.25, 0.3) is 17.4 Å². The Morgan fingerprint density at radius 2 is 2.05 bits per heavy atom. The number of amides is 2. The molecule has 3 rings (SSSR count). The zero-order valence-corrected chi connectivity index (χ0v) is 11.8. The molecule has 2 N–H and O–H groups in total. The molecule has 0 bridgehead atoms. The molecule has 1 fully saturated rings. The van der Waals surface area contributed by atoms with Crippen molar-refractivity contribution in [2.24, 2.45) is 0 Å². The number of imide groups is 1. The second-order valence-electron chi connectivity index (χ2n) is 4.44. The average molecular weight is 315 g/mol. The Balaban J connectivity index is 1.90. The van der Waals surface area contributed by atoms with Crippen LogP contribution in [-0.4, -0.2) is 22.2 Å². The van der Waals surface area contributed by atoms with Gasteiger partial charge in [-0.3, -0.25) is 14.9 Å². The van der Waals surface area contributed by atoms with Crippen molar-refractivity contribution in [3.8, 4) is 11.3 Å². The van der Waals surface area contributed by atoms with Crippen molar-refractivity contribution in [1.29, 1.82) is 0 Å². The van der Waals surface area contributed by atoms with Crippen LogP contribution >= 0.6 is 11.8 Å². The van der Waals surface area contributed by atoms with Crippen molar-refractivity contribution in [2.45, 2.75) is 0 Å². The molecular formula is C15H9NO5S. The van der Waals surface area contributed by atoms with Gasteiger partial charge in [0.1, 0.15) is 11.5 Å². The van der Waals surface area contributed by atoms with Crippen LogP contribution in [-0.2, 0) is 4.79 Å². The van der Waals surface area contributed by atoms with E-state index in [4.69, 9.17) is 9.52 Å². The maximum absolute atomic E-state index is 11.5. The first-order chi connectivity index (χ1) is 10.5. The van der Waals surface area contributed by atoms with Gasteiger partial charge in [0.15, 0.2) is 0 Å². The summed E-state index contributed by atoms with van der Waals surface area (Å²) in [7, 11) is 0. The van der Waals surface area contributed by atoms with Gasteiger partial charge >= 0.3 is 5.97 Å². The lowest BCUT2D eigenvalue weighted by atomic mass is 10.1. The van der Waals surface area contributed by atoms with Crippen LogP contribution in [0.15, 0.2) is 45.7 Å². The van der Waals surface area contributed by atoms with Gasteiger partial charge in [-0.2, -0.15) is 0 Å². The van der Waals surface area contributed by atoms with Gasteiger partial charge in [-0.1, -0.05) is 12.1 Å². The zero-order valence-electron chi connectivity index (χ0n) is 11.0. The number of carboxylic acids is 1. The van der Waals surface area contributed by atoms with Crippen LogP contribution in [0, 0.1) is 0 Å². The number of aromatic carboxylic acids is 1. The summed E-state index contributed by atoms with van der Waals surface area (Å²) >= 11 is 0.804. The normalized spacial score (nSPS) is 16.1. The fourth-order valence-electron chi connectivity index (χ4n) is 1.94. The number of hydrogen-bond donors (Lipinski definition) is 2. The van der Waals surface area contributed by atoms with Gasteiger partial charge in [0.25, 0.3) is 11.1 Å². The van der Waals surface area contributed by atoms with Crippen molar-refractivity contribution in [3.63, 3.8) is 0 Å². The summed E-state index contributed by atoms with van der Waals surface area (Å²) in [5, 5.41) is 10.7. The van der Waals surface area contributed by atoms with Crippen molar-refractivity contribution in [2.75, 3.05) is 0 Å². The molecular weight excluding hydrogens is 306 g/mol. The average Bonchev–Trinajstić information content (AvgIpc) is 3.06. The van der Waals surface area contributed by atoms with Crippen LogP contribution in [0.4, 0.5) is 4.79 Å². The van der Waals surface area contributed by atoms with Gasteiger partial charge in [0.2, 0.25) is 0 Å². The molecule has 0 atom stereocenters. The van der Waals surface area contributed by atoms with Gasteiger partial charge in [-0.05, 0) is 36.0 Å². The van der Waals surface area contributed by atoms with Crippen LogP contribution in [0.2, 0.25) is 0 Å². The van der Waals surface area contributed by atoms with Crippen LogP contribution in [0.3, 0.4) is 0 Å². The molecule has 6 nitrogen and oxygen atoms in total. The largest absolute Gasteiger partial charge is 0.478 e. The number of carboxylic acid groups (broad SMARTS) is 1. The lowest BCUT2D eigenvalue weighted by Crippen LogP contribution is -2.17. The van der Waals surface area contributed by atoms with E-state index in [1.165, 1.54) is 18.2 Å². The highest BCUT2D eigenvalue weighted by molar-refractivity contribution is 8.18. The van der Waals surface area contributed by atoms with E-state index in [9.17, 15) is 14.4 Å². The SMILES string of the molecule is O=C1NC(=O)C(=Cc2ccc(-c3cccc(C(=O)O)c3)o2)S1. The van der Waals surface area contributed by atoms with E-state index in [1.807, 2.05) is 0 Å². The van der Waals surface area contributed by atoms with E-state index in [-0.39, 0.29) is 10.5 Å².